The third-order valence-corrected chi connectivity index (χ3v) is 7.31. The maximum atomic E-state index is 2.31. The zero-order valence-corrected chi connectivity index (χ0v) is 30.6. The molecule has 0 saturated heterocycles. The average molecular weight is 707 g/mol. The summed E-state index contributed by atoms with van der Waals surface area (Å²) in [7, 11) is 0. The predicted molar refractivity (Wildman–Crippen MR) is 182 cm³/mol. The van der Waals surface area contributed by atoms with Crippen LogP contribution in [0, 0.1) is 13.8 Å². The molecule has 0 aliphatic rings. The first-order chi connectivity index (χ1) is 20.4. The summed E-state index contributed by atoms with van der Waals surface area (Å²) in [5, 5.41) is 5.34. The number of fused-ring (bicyclic) bond motifs is 2. The van der Waals surface area contributed by atoms with E-state index in [1.165, 1.54) is 66.1 Å². The van der Waals surface area contributed by atoms with Gasteiger partial charge in [0.25, 0.3) is 0 Å². The molecule has 44 heavy (non-hydrogen) atoms. The molecule has 0 unspecified atom stereocenters. The molecule has 4 heteroatoms. The maximum absolute atomic E-state index is 2.31. The fourth-order valence-corrected chi connectivity index (χ4v) is 5.47. The minimum Gasteiger partial charge on any atom is -1.00 e. The number of rotatable bonds is 3. The van der Waals surface area contributed by atoms with E-state index in [4.69, 9.17) is 0 Å². The zero-order valence-electron chi connectivity index (χ0n) is 25.6. The Kier molecular flexibility index (Phi) is 13.6. The molecule has 220 valence electrons. The van der Waals surface area contributed by atoms with Crippen molar-refractivity contribution in [3.8, 4) is 33.4 Å². The topological polar surface area (TPSA) is 0 Å². The minimum absolute atomic E-state index is 0. The largest absolute Gasteiger partial charge is 1.00 e. The van der Waals surface area contributed by atoms with Crippen LogP contribution in [0.4, 0.5) is 0 Å². The summed E-state index contributed by atoms with van der Waals surface area (Å²) >= 11 is 1.74. The molecule has 0 aromatic heterocycles. The summed E-state index contributed by atoms with van der Waals surface area (Å²) in [6, 6.07) is 51.8. The van der Waals surface area contributed by atoms with Gasteiger partial charge >= 0.3 is 41.9 Å². The van der Waals surface area contributed by atoms with Crippen LogP contribution in [0.5, 0.6) is 0 Å². The van der Waals surface area contributed by atoms with Gasteiger partial charge < -0.3 is 24.8 Å². The number of hydrogen-bond acceptors (Lipinski definition) is 0. The first-order valence-corrected chi connectivity index (χ1v) is 20.6. The second-order valence-corrected chi connectivity index (χ2v) is 20.3. The van der Waals surface area contributed by atoms with Crippen LogP contribution in [0.25, 0.3) is 54.9 Å². The monoisotopic (exact) mass is 704 g/mol. The van der Waals surface area contributed by atoms with Crippen molar-refractivity contribution in [2.45, 2.75) is 26.9 Å². The van der Waals surface area contributed by atoms with Crippen molar-refractivity contribution in [3.05, 3.63) is 157 Å². The Morgan fingerprint density at radius 3 is 1.70 bits per heavy atom. The van der Waals surface area contributed by atoms with Crippen LogP contribution < -0.4 is 24.8 Å². The molecular formula is C40H36Cl2SiZr-2. The van der Waals surface area contributed by atoms with Gasteiger partial charge in [-0.1, -0.05) is 144 Å². The van der Waals surface area contributed by atoms with E-state index >= 15 is 0 Å². The number of benzene rings is 5. The first kappa shape index (κ1) is 35.5. The van der Waals surface area contributed by atoms with E-state index in [0.29, 0.717) is 0 Å². The van der Waals surface area contributed by atoms with Crippen molar-refractivity contribution in [2.75, 3.05) is 0 Å². The number of aryl methyl sites for hydroxylation is 2. The number of hydrogen-bond donors (Lipinski definition) is 0. The molecule has 0 aliphatic heterocycles. The van der Waals surface area contributed by atoms with Gasteiger partial charge in [0.1, 0.15) is 0 Å². The average Bonchev–Trinajstić information content (AvgIpc) is 3.61. The van der Waals surface area contributed by atoms with E-state index in [-0.39, 0.29) is 30.2 Å². The normalized spacial score (nSPS) is 10.0. The quantitative estimate of drug-likeness (QED) is 0.168. The third kappa shape index (κ3) is 8.58. The SMILES string of the molecule is C[Si](C)=[Zr+2].Cc1cc2c(-c3ccccc3)cccc2[cH-]1.Cc1ccccc1-[c-]1ccc2c(-c3ccccc3)cccc21.[Cl-].[Cl-]. The predicted octanol–water partition coefficient (Wildman–Crippen LogP) is 5.53. The smallest absolute Gasteiger partial charge is 0.0246 e. The van der Waals surface area contributed by atoms with Crippen LogP contribution >= 0.6 is 0 Å². The Morgan fingerprint density at radius 2 is 1.11 bits per heavy atom. The van der Waals surface area contributed by atoms with Crippen LogP contribution in [0.1, 0.15) is 11.1 Å². The Morgan fingerprint density at radius 1 is 0.591 bits per heavy atom. The maximum Gasteiger partial charge on any atom is -0.0246 e. The van der Waals surface area contributed by atoms with E-state index < -0.39 is 0 Å². The molecule has 0 nitrogen and oxygen atoms in total. The van der Waals surface area contributed by atoms with Crippen molar-refractivity contribution in [1.82, 2.24) is 0 Å². The molecule has 7 aromatic rings. The number of halogens is 2. The van der Waals surface area contributed by atoms with Gasteiger partial charge in [0.05, 0.1) is 0 Å². The van der Waals surface area contributed by atoms with E-state index in [9.17, 15) is 0 Å². The molecule has 0 radical (unpaired) electrons. The molecule has 0 bridgehead atoms. The fraction of sp³-hybridized carbons (Fsp3) is 0.100. The van der Waals surface area contributed by atoms with Gasteiger partial charge in [-0.25, -0.2) is 0 Å². The minimum atomic E-state index is 0. The summed E-state index contributed by atoms with van der Waals surface area (Å²) in [6.45, 7) is 8.94. The van der Waals surface area contributed by atoms with E-state index in [1.807, 2.05) is 0 Å². The van der Waals surface area contributed by atoms with E-state index in [0.717, 1.165) is 0 Å². The molecule has 0 spiro atoms. The van der Waals surface area contributed by atoms with Crippen molar-refractivity contribution in [1.29, 1.82) is 0 Å². The van der Waals surface area contributed by atoms with E-state index in [2.05, 4.69) is 173 Å². The van der Waals surface area contributed by atoms with Gasteiger partial charge in [0.2, 0.25) is 0 Å². The summed E-state index contributed by atoms with van der Waals surface area (Å²) in [5.41, 5.74) is 10.7. The van der Waals surface area contributed by atoms with Crippen LogP contribution in [0.3, 0.4) is 0 Å². The molecule has 0 N–H and O–H groups in total. The molecular weight excluding hydrogens is 671 g/mol. The molecule has 7 aromatic carbocycles. The standard InChI is InChI=1S/C22H17.C16H13.C2H6Si.2ClH.Zr/c1-16-8-5-6-11-18(16)21-14-15-22-19(12-7-13-20(21)22)17-9-3-2-4-10-17;1-12-10-14-8-5-9-15(16(14)11-12)13-6-3-2-4-7-13;1-3-2;;;/h2-15H,1H3;2-11H,1H3;1-2H3;2*1H;/q2*-1;;;;+2/p-2. The van der Waals surface area contributed by atoms with Gasteiger partial charge in [-0.05, 0) is 16.7 Å². The van der Waals surface area contributed by atoms with Crippen molar-refractivity contribution in [3.63, 3.8) is 0 Å². The Hall–Kier alpha value is -3.00. The molecule has 0 heterocycles. The Bertz CT molecular complexity index is 1930. The van der Waals surface area contributed by atoms with E-state index in [1.54, 1.807) is 23.3 Å². The molecule has 0 fully saturated rings. The third-order valence-electron chi connectivity index (χ3n) is 7.31. The fourth-order valence-electron chi connectivity index (χ4n) is 5.47. The molecule has 0 amide bonds. The van der Waals surface area contributed by atoms with Crippen LogP contribution in [0.15, 0.2) is 146 Å². The zero-order chi connectivity index (χ0) is 29.5. The van der Waals surface area contributed by atoms with Crippen LogP contribution in [0.2, 0.25) is 13.1 Å². The molecule has 0 atom stereocenters. The van der Waals surface area contributed by atoms with Crippen molar-refractivity contribution >= 4 is 27.0 Å². The van der Waals surface area contributed by atoms with Crippen molar-refractivity contribution < 1.29 is 48.1 Å². The summed E-state index contributed by atoms with van der Waals surface area (Å²) in [6.07, 6.45) is 0. The molecule has 0 saturated carbocycles. The Balaban J connectivity index is 0.000000213. The summed E-state index contributed by atoms with van der Waals surface area (Å²) in [5.74, 6) is 0. The van der Waals surface area contributed by atoms with Gasteiger partial charge in [0, 0.05) is 0 Å². The molecule has 7 rings (SSSR count). The second kappa shape index (κ2) is 16.9. The van der Waals surface area contributed by atoms with Crippen molar-refractivity contribution in [2.24, 2.45) is 0 Å². The summed E-state index contributed by atoms with van der Waals surface area (Å²) < 4.78 is 0. The van der Waals surface area contributed by atoms with Gasteiger partial charge in [-0.2, -0.15) is 6.07 Å². The van der Waals surface area contributed by atoms with Gasteiger partial charge in [-0.3, -0.25) is 0 Å². The molecule has 0 aliphatic carbocycles. The Labute approximate surface area is 290 Å². The first-order valence-electron chi connectivity index (χ1n) is 14.5. The second-order valence-electron chi connectivity index (χ2n) is 10.9. The van der Waals surface area contributed by atoms with Crippen LogP contribution in [-0.2, 0) is 23.3 Å². The van der Waals surface area contributed by atoms with Gasteiger partial charge in [-0.15, -0.1) is 58.8 Å². The van der Waals surface area contributed by atoms with Crippen LogP contribution in [-0.4, -0.2) is 5.43 Å². The summed E-state index contributed by atoms with van der Waals surface area (Å²) in [4.78, 5) is 0. The van der Waals surface area contributed by atoms with Gasteiger partial charge in [0.15, 0.2) is 0 Å².